The largest absolute Gasteiger partial charge is 0.370 e. The van der Waals surface area contributed by atoms with Crippen LogP contribution in [-0.2, 0) is 9.59 Å². The lowest BCUT2D eigenvalue weighted by Gasteiger charge is -2.25. The number of amides is 2. The molecule has 0 bridgehead atoms. The summed E-state index contributed by atoms with van der Waals surface area (Å²) in [6.07, 6.45) is -0.111. The molecular weight excluding hydrogens is 218 g/mol. The van der Waals surface area contributed by atoms with Gasteiger partial charge in [0.05, 0.1) is 12.5 Å². The van der Waals surface area contributed by atoms with E-state index >= 15 is 0 Å². The average Bonchev–Trinajstić information content (AvgIpc) is 2.15. The smallest absolute Gasteiger partial charge is 0.237 e. The zero-order valence-electron chi connectivity index (χ0n) is 11.2. The van der Waals surface area contributed by atoms with E-state index in [-0.39, 0.29) is 12.3 Å². The van der Waals surface area contributed by atoms with E-state index in [1.807, 2.05) is 0 Å². The Morgan fingerprint density at radius 3 is 1.94 bits per heavy atom. The summed E-state index contributed by atoms with van der Waals surface area (Å²) in [5.41, 5.74) is 10.5. The van der Waals surface area contributed by atoms with Crippen LogP contribution in [0.1, 0.15) is 34.1 Å². The second-order valence-electron chi connectivity index (χ2n) is 5.17. The summed E-state index contributed by atoms with van der Waals surface area (Å²) in [6.45, 7) is 9.08. The molecule has 1 atom stereocenters. The van der Waals surface area contributed by atoms with Crippen molar-refractivity contribution in [2.75, 3.05) is 6.54 Å². The van der Waals surface area contributed by atoms with Gasteiger partial charge in [-0.25, -0.2) is 0 Å². The first-order valence-corrected chi connectivity index (χ1v) is 6.07. The van der Waals surface area contributed by atoms with Crippen molar-refractivity contribution in [3.63, 3.8) is 0 Å². The topological polar surface area (TPSA) is 98.2 Å². The van der Waals surface area contributed by atoms with Gasteiger partial charge in [0.25, 0.3) is 0 Å². The molecule has 0 aliphatic carbocycles. The summed E-state index contributed by atoms with van der Waals surface area (Å²) in [6, 6.07) is -0.840. The van der Waals surface area contributed by atoms with Gasteiger partial charge in [-0.15, -0.1) is 0 Å². The summed E-state index contributed by atoms with van der Waals surface area (Å²) in [7, 11) is 0. The van der Waals surface area contributed by atoms with Crippen molar-refractivity contribution in [2.24, 2.45) is 29.2 Å². The number of hydrogen-bond acceptors (Lipinski definition) is 3. The molecule has 0 aliphatic heterocycles. The predicted octanol–water partition coefficient (Wildman–Crippen LogP) is 0.234. The molecule has 5 heteroatoms. The molecular formula is C12H25N3O2. The molecule has 0 fully saturated rings. The lowest BCUT2D eigenvalue weighted by atomic mass is 9.85. The second kappa shape index (κ2) is 7.27. The molecule has 0 rings (SSSR count). The SMILES string of the molecule is CC(C)C(CNC(=O)C(N)CC(N)=O)C(C)C. The van der Waals surface area contributed by atoms with Gasteiger partial charge < -0.3 is 16.8 Å². The van der Waals surface area contributed by atoms with E-state index in [2.05, 4.69) is 33.0 Å². The Kier molecular flexibility index (Phi) is 6.80. The van der Waals surface area contributed by atoms with E-state index in [9.17, 15) is 9.59 Å². The highest BCUT2D eigenvalue weighted by Crippen LogP contribution is 2.19. The van der Waals surface area contributed by atoms with Gasteiger partial charge in [-0.2, -0.15) is 0 Å². The van der Waals surface area contributed by atoms with Gasteiger partial charge >= 0.3 is 0 Å². The van der Waals surface area contributed by atoms with Crippen LogP contribution in [0.25, 0.3) is 0 Å². The summed E-state index contributed by atoms with van der Waals surface area (Å²) < 4.78 is 0. The molecule has 0 aliphatic rings. The quantitative estimate of drug-likeness (QED) is 0.597. The first-order valence-electron chi connectivity index (χ1n) is 6.07. The summed E-state index contributed by atoms with van der Waals surface area (Å²) >= 11 is 0. The molecule has 0 aromatic carbocycles. The maximum absolute atomic E-state index is 11.6. The highest BCUT2D eigenvalue weighted by molar-refractivity contribution is 5.87. The molecule has 0 aromatic heterocycles. The van der Waals surface area contributed by atoms with Crippen LogP contribution in [0.3, 0.4) is 0 Å². The molecule has 0 radical (unpaired) electrons. The molecule has 0 saturated heterocycles. The molecule has 0 spiro atoms. The van der Waals surface area contributed by atoms with Gasteiger partial charge in [0.2, 0.25) is 11.8 Å². The molecule has 100 valence electrons. The minimum atomic E-state index is -0.840. The molecule has 2 amide bonds. The number of carbonyl (C=O) groups is 2. The zero-order valence-corrected chi connectivity index (χ0v) is 11.2. The van der Waals surface area contributed by atoms with Crippen molar-refractivity contribution in [2.45, 2.75) is 40.2 Å². The number of hydrogen-bond donors (Lipinski definition) is 3. The summed E-state index contributed by atoms with van der Waals surface area (Å²) in [4.78, 5) is 22.2. The van der Waals surface area contributed by atoms with E-state index < -0.39 is 11.9 Å². The molecule has 1 unspecified atom stereocenters. The van der Waals surface area contributed by atoms with Gasteiger partial charge in [-0.1, -0.05) is 27.7 Å². The third-order valence-corrected chi connectivity index (χ3v) is 2.98. The van der Waals surface area contributed by atoms with E-state index in [0.717, 1.165) is 0 Å². The van der Waals surface area contributed by atoms with Crippen molar-refractivity contribution in [3.05, 3.63) is 0 Å². The minimum Gasteiger partial charge on any atom is -0.370 e. The fourth-order valence-electron chi connectivity index (χ4n) is 1.90. The van der Waals surface area contributed by atoms with Crippen LogP contribution >= 0.6 is 0 Å². The predicted molar refractivity (Wildman–Crippen MR) is 68.0 cm³/mol. The Morgan fingerprint density at radius 2 is 1.59 bits per heavy atom. The van der Waals surface area contributed by atoms with E-state index in [4.69, 9.17) is 11.5 Å². The first kappa shape index (κ1) is 15.9. The van der Waals surface area contributed by atoms with Crippen molar-refractivity contribution in [1.82, 2.24) is 5.32 Å². The first-order chi connectivity index (χ1) is 7.75. The maximum atomic E-state index is 11.6. The van der Waals surface area contributed by atoms with Crippen LogP contribution in [0.2, 0.25) is 0 Å². The third kappa shape index (κ3) is 6.26. The van der Waals surface area contributed by atoms with Crippen LogP contribution in [0.4, 0.5) is 0 Å². The van der Waals surface area contributed by atoms with Crippen LogP contribution in [0.5, 0.6) is 0 Å². The van der Waals surface area contributed by atoms with Crippen molar-refractivity contribution >= 4 is 11.8 Å². The van der Waals surface area contributed by atoms with Crippen LogP contribution in [0.15, 0.2) is 0 Å². The lowest BCUT2D eigenvalue weighted by Crippen LogP contribution is -2.45. The van der Waals surface area contributed by atoms with Gasteiger partial charge in [-0.3, -0.25) is 9.59 Å². The lowest BCUT2D eigenvalue weighted by molar-refractivity contribution is -0.126. The van der Waals surface area contributed by atoms with Crippen LogP contribution < -0.4 is 16.8 Å². The van der Waals surface area contributed by atoms with Crippen molar-refractivity contribution in [1.29, 1.82) is 0 Å². The molecule has 5 nitrogen and oxygen atoms in total. The highest BCUT2D eigenvalue weighted by atomic mass is 16.2. The Bertz CT molecular complexity index is 256. The third-order valence-electron chi connectivity index (χ3n) is 2.98. The number of primary amides is 1. The molecule has 17 heavy (non-hydrogen) atoms. The highest BCUT2D eigenvalue weighted by Gasteiger charge is 2.21. The van der Waals surface area contributed by atoms with Gasteiger partial charge in [0.15, 0.2) is 0 Å². The minimum absolute atomic E-state index is 0.111. The fourth-order valence-corrected chi connectivity index (χ4v) is 1.90. The molecule has 0 saturated carbocycles. The standard InChI is InChI=1S/C12H25N3O2/c1-7(2)9(8(3)4)6-15-12(17)10(13)5-11(14)16/h7-10H,5-6,13H2,1-4H3,(H2,14,16)(H,15,17). The Labute approximate surface area is 103 Å². The number of nitrogens with one attached hydrogen (secondary N) is 1. The van der Waals surface area contributed by atoms with Gasteiger partial charge in [0, 0.05) is 6.54 Å². The second-order valence-corrected chi connectivity index (χ2v) is 5.17. The maximum Gasteiger partial charge on any atom is 0.237 e. The van der Waals surface area contributed by atoms with Crippen molar-refractivity contribution in [3.8, 4) is 0 Å². The fraction of sp³-hybridized carbons (Fsp3) is 0.833. The monoisotopic (exact) mass is 243 g/mol. The Hall–Kier alpha value is -1.10. The van der Waals surface area contributed by atoms with Gasteiger partial charge in [-0.05, 0) is 17.8 Å². The van der Waals surface area contributed by atoms with E-state index in [1.54, 1.807) is 0 Å². The number of rotatable bonds is 7. The normalized spacial score (nSPS) is 13.2. The summed E-state index contributed by atoms with van der Waals surface area (Å²) in [5, 5.41) is 2.78. The summed E-state index contributed by atoms with van der Waals surface area (Å²) in [5.74, 6) is 0.511. The molecule has 5 N–H and O–H groups in total. The van der Waals surface area contributed by atoms with E-state index in [0.29, 0.717) is 24.3 Å². The molecule has 0 aromatic rings. The number of carbonyl (C=O) groups excluding carboxylic acids is 2. The number of nitrogens with two attached hydrogens (primary N) is 2. The molecule has 0 heterocycles. The zero-order chi connectivity index (χ0) is 13.6. The van der Waals surface area contributed by atoms with Gasteiger partial charge in [0.1, 0.15) is 0 Å². The van der Waals surface area contributed by atoms with E-state index in [1.165, 1.54) is 0 Å². The Morgan fingerprint density at radius 1 is 1.12 bits per heavy atom. The van der Waals surface area contributed by atoms with Crippen LogP contribution in [0, 0.1) is 17.8 Å². The van der Waals surface area contributed by atoms with Crippen LogP contribution in [-0.4, -0.2) is 24.4 Å². The average molecular weight is 243 g/mol. The Balaban J connectivity index is 4.17. The van der Waals surface area contributed by atoms with Crippen molar-refractivity contribution < 1.29 is 9.59 Å².